The van der Waals surface area contributed by atoms with Crippen LogP contribution < -0.4 is 11.0 Å². The maximum Gasteiger partial charge on any atom is 0.267 e. The molecule has 0 atom stereocenters. The van der Waals surface area contributed by atoms with Gasteiger partial charge in [-0.3, -0.25) is 14.2 Å². The van der Waals surface area contributed by atoms with Crippen molar-refractivity contribution >= 4 is 21.9 Å². The minimum atomic E-state index is -0.205. The van der Waals surface area contributed by atoms with Crippen molar-refractivity contribution in [3.8, 4) is 0 Å². The lowest BCUT2D eigenvalue weighted by Gasteiger charge is -2.25. The molecule has 4 rings (SSSR count). The van der Waals surface area contributed by atoms with Gasteiger partial charge in [0.15, 0.2) is 5.65 Å². The van der Waals surface area contributed by atoms with E-state index in [1.807, 2.05) is 29.8 Å². The molecule has 2 heterocycles. The summed E-state index contributed by atoms with van der Waals surface area (Å²) in [7, 11) is 1.90. The molecule has 1 aliphatic rings. The number of pyridine rings is 1. The minimum absolute atomic E-state index is 0.180. The van der Waals surface area contributed by atoms with E-state index in [0.717, 1.165) is 24.2 Å². The number of para-hydroxylation sites is 1. The van der Waals surface area contributed by atoms with E-state index in [9.17, 15) is 9.59 Å². The maximum atomic E-state index is 13.5. The van der Waals surface area contributed by atoms with Crippen LogP contribution in [0, 0.1) is 5.92 Å². The average Bonchev–Trinajstić information content (AvgIpc) is 2.68. The van der Waals surface area contributed by atoms with E-state index >= 15 is 0 Å². The largest absolute Gasteiger partial charge is 0.328 e. The lowest BCUT2D eigenvalue weighted by atomic mass is 9.88. The first kappa shape index (κ1) is 18.0. The molecule has 5 nitrogen and oxygen atoms in total. The third-order valence-corrected chi connectivity index (χ3v) is 5.75. The highest BCUT2D eigenvalue weighted by molar-refractivity contribution is 5.91. The van der Waals surface area contributed by atoms with Gasteiger partial charge in [-0.25, -0.2) is 4.98 Å². The highest BCUT2D eigenvalue weighted by atomic mass is 16.1. The summed E-state index contributed by atoms with van der Waals surface area (Å²) in [5.74, 6) is 1.48. The van der Waals surface area contributed by atoms with Crippen LogP contribution in [0.2, 0.25) is 0 Å². The number of hydrogen-bond acceptors (Lipinski definition) is 3. The minimum Gasteiger partial charge on any atom is -0.328 e. The molecule has 1 aromatic carbocycles. The first-order valence-corrected chi connectivity index (χ1v) is 10.0. The molecule has 0 N–H and O–H groups in total. The fourth-order valence-electron chi connectivity index (χ4n) is 4.42. The highest BCUT2D eigenvalue weighted by Gasteiger charge is 2.25. The quantitative estimate of drug-likeness (QED) is 0.660. The first-order chi connectivity index (χ1) is 13.0. The van der Waals surface area contributed by atoms with Crippen molar-refractivity contribution in [3.63, 3.8) is 0 Å². The number of aryl methyl sites for hydroxylation is 1. The highest BCUT2D eigenvalue weighted by Crippen LogP contribution is 2.32. The summed E-state index contributed by atoms with van der Waals surface area (Å²) >= 11 is 0. The van der Waals surface area contributed by atoms with Crippen molar-refractivity contribution in [2.75, 3.05) is 0 Å². The van der Waals surface area contributed by atoms with E-state index in [2.05, 4.69) is 13.8 Å². The molecule has 1 fully saturated rings. The molecule has 3 aromatic rings. The van der Waals surface area contributed by atoms with E-state index in [4.69, 9.17) is 4.98 Å². The SMILES string of the molecule is CC(C)Cn1c(C2CCCCC2)nc2c(c(=O)c3ccccc3n2C)c1=O. The smallest absolute Gasteiger partial charge is 0.267 e. The standard InChI is InChI=1S/C22H27N3O2/c1-14(2)13-25-20(15-9-5-4-6-10-15)23-21-18(22(25)27)19(26)16-11-7-8-12-17(16)24(21)3/h7-8,11-12,14-15H,4-6,9-10,13H2,1-3H3. The van der Waals surface area contributed by atoms with E-state index in [-0.39, 0.29) is 16.4 Å². The Hall–Kier alpha value is -2.43. The van der Waals surface area contributed by atoms with Gasteiger partial charge in [0, 0.05) is 24.9 Å². The molecule has 0 amide bonds. The Balaban J connectivity index is 2.10. The molecule has 142 valence electrons. The summed E-state index contributed by atoms with van der Waals surface area (Å²) in [6.07, 6.45) is 5.74. The topological polar surface area (TPSA) is 56.9 Å². The van der Waals surface area contributed by atoms with Crippen molar-refractivity contribution in [1.29, 1.82) is 0 Å². The zero-order chi connectivity index (χ0) is 19.1. The predicted molar refractivity (Wildman–Crippen MR) is 109 cm³/mol. The fourth-order valence-corrected chi connectivity index (χ4v) is 4.42. The van der Waals surface area contributed by atoms with Crippen molar-refractivity contribution in [2.45, 2.75) is 58.4 Å². The van der Waals surface area contributed by atoms with Crippen LogP contribution in [-0.4, -0.2) is 14.1 Å². The third kappa shape index (κ3) is 2.99. The molecular formula is C22H27N3O2. The molecule has 0 radical (unpaired) electrons. The van der Waals surface area contributed by atoms with E-state index in [0.29, 0.717) is 29.4 Å². The first-order valence-electron chi connectivity index (χ1n) is 10.0. The molecule has 1 aliphatic carbocycles. The van der Waals surface area contributed by atoms with Gasteiger partial charge in [0.25, 0.3) is 5.56 Å². The summed E-state index contributed by atoms with van der Waals surface area (Å²) in [4.78, 5) is 31.5. The van der Waals surface area contributed by atoms with Crippen LogP contribution in [0.1, 0.15) is 57.7 Å². The van der Waals surface area contributed by atoms with Crippen molar-refractivity contribution in [3.05, 3.63) is 50.7 Å². The van der Waals surface area contributed by atoms with E-state index in [1.54, 1.807) is 10.6 Å². The van der Waals surface area contributed by atoms with E-state index < -0.39 is 0 Å². The molecule has 0 unspecified atom stereocenters. The molecule has 0 spiro atoms. The van der Waals surface area contributed by atoms with Crippen LogP contribution in [0.5, 0.6) is 0 Å². The fraction of sp³-hybridized carbons (Fsp3) is 0.500. The zero-order valence-electron chi connectivity index (χ0n) is 16.4. The van der Waals surface area contributed by atoms with Crippen LogP contribution in [0.3, 0.4) is 0 Å². The van der Waals surface area contributed by atoms with Gasteiger partial charge in [0.05, 0.1) is 5.52 Å². The second kappa shape index (κ2) is 6.95. The van der Waals surface area contributed by atoms with Crippen LogP contribution in [0.25, 0.3) is 21.9 Å². The molecule has 2 aromatic heterocycles. The van der Waals surface area contributed by atoms with Crippen molar-refractivity contribution < 1.29 is 0 Å². The van der Waals surface area contributed by atoms with Gasteiger partial charge < -0.3 is 4.57 Å². The number of fused-ring (bicyclic) bond motifs is 2. The van der Waals surface area contributed by atoms with E-state index in [1.165, 1.54) is 19.3 Å². The summed E-state index contributed by atoms with van der Waals surface area (Å²) in [6, 6.07) is 7.46. The predicted octanol–water partition coefficient (Wildman–Crippen LogP) is 3.95. The monoisotopic (exact) mass is 365 g/mol. The van der Waals surface area contributed by atoms with Crippen LogP contribution in [0.15, 0.2) is 33.9 Å². The average molecular weight is 365 g/mol. The maximum absolute atomic E-state index is 13.5. The van der Waals surface area contributed by atoms with Crippen LogP contribution >= 0.6 is 0 Å². The summed E-state index contributed by atoms with van der Waals surface area (Å²) in [5.41, 5.74) is 0.951. The van der Waals surface area contributed by atoms with Gasteiger partial charge in [-0.05, 0) is 30.9 Å². The Morgan fingerprint density at radius 2 is 1.81 bits per heavy atom. The molecular weight excluding hydrogens is 338 g/mol. The lowest BCUT2D eigenvalue weighted by molar-refractivity contribution is 0.394. The van der Waals surface area contributed by atoms with Crippen molar-refractivity contribution in [2.24, 2.45) is 13.0 Å². The van der Waals surface area contributed by atoms with Gasteiger partial charge >= 0.3 is 0 Å². The molecule has 0 aliphatic heterocycles. The molecule has 27 heavy (non-hydrogen) atoms. The molecule has 0 saturated heterocycles. The second-order valence-corrected chi connectivity index (χ2v) is 8.22. The van der Waals surface area contributed by atoms with Crippen molar-refractivity contribution in [1.82, 2.24) is 14.1 Å². The number of nitrogens with zero attached hydrogens (tertiary/aromatic N) is 3. The van der Waals surface area contributed by atoms with Gasteiger partial charge in [-0.2, -0.15) is 0 Å². The second-order valence-electron chi connectivity index (χ2n) is 8.22. The Morgan fingerprint density at radius 3 is 2.52 bits per heavy atom. The van der Waals surface area contributed by atoms with Gasteiger partial charge in [-0.1, -0.05) is 45.2 Å². The van der Waals surface area contributed by atoms with Gasteiger partial charge in [0.2, 0.25) is 5.43 Å². The number of rotatable bonds is 3. The third-order valence-electron chi connectivity index (χ3n) is 5.75. The number of benzene rings is 1. The van der Waals surface area contributed by atoms with Gasteiger partial charge in [-0.15, -0.1) is 0 Å². The molecule has 5 heteroatoms. The Labute approximate surface area is 158 Å². The zero-order valence-corrected chi connectivity index (χ0v) is 16.4. The normalized spacial score (nSPS) is 15.9. The summed E-state index contributed by atoms with van der Waals surface area (Å²) in [6.45, 7) is 4.79. The lowest BCUT2D eigenvalue weighted by Crippen LogP contribution is -2.33. The Bertz CT molecular complexity index is 1120. The Kier molecular flexibility index (Phi) is 4.62. The number of aromatic nitrogens is 3. The molecule has 1 saturated carbocycles. The van der Waals surface area contributed by atoms with Crippen LogP contribution in [-0.2, 0) is 13.6 Å². The molecule has 0 bridgehead atoms. The summed E-state index contributed by atoms with van der Waals surface area (Å²) in [5, 5.41) is 0.796. The van der Waals surface area contributed by atoms with Gasteiger partial charge in [0.1, 0.15) is 11.2 Å². The Morgan fingerprint density at radius 1 is 1.11 bits per heavy atom. The van der Waals surface area contributed by atoms with Crippen LogP contribution in [0.4, 0.5) is 0 Å². The number of hydrogen-bond donors (Lipinski definition) is 0. The summed E-state index contributed by atoms with van der Waals surface area (Å²) < 4.78 is 3.69.